The van der Waals surface area contributed by atoms with Crippen molar-refractivity contribution in [3.63, 3.8) is 0 Å². The van der Waals surface area contributed by atoms with E-state index in [0.29, 0.717) is 38.9 Å². The summed E-state index contributed by atoms with van der Waals surface area (Å²) in [7, 11) is 0. The fourth-order valence-electron chi connectivity index (χ4n) is 11.8. The Labute approximate surface area is 467 Å². The number of fused-ring (bicyclic) bond motifs is 4. The number of rotatable bonds is 3. The summed E-state index contributed by atoms with van der Waals surface area (Å²) in [6.07, 6.45) is 4.53. The minimum atomic E-state index is -1.75. The van der Waals surface area contributed by atoms with Crippen molar-refractivity contribution in [2.24, 2.45) is 5.92 Å². The molecule has 77 heavy (non-hydrogen) atoms. The van der Waals surface area contributed by atoms with E-state index < -0.39 is 6.37 Å². The molecule has 0 saturated carbocycles. The van der Waals surface area contributed by atoms with Crippen LogP contribution in [0.5, 0.6) is 0 Å². The zero-order valence-corrected chi connectivity index (χ0v) is 47.4. The quantitative estimate of drug-likeness (QED) is 0.166. The Kier molecular flexibility index (Phi) is 11.7. The normalized spacial score (nSPS) is 14.8. The first-order chi connectivity index (χ1) is 37.3. The van der Waals surface area contributed by atoms with E-state index in [4.69, 9.17) is 13.8 Å². The van der Waals surface area contributed by atoms with Gasteiger partial charge < -0.3 is 22.4 Å². The SMILES string of the molecule is [2H]C([2H])(c1cc2ncc1c1ccccc1oc1ccc(cc1)c1cccc(-c3ccc4c(c3)C(C)(C)CCC4(C)C)c1n1[cH-]n(c3[c-]c(cc(C(C)(C)C)c3)oc3[c-]c4c(cc3)c3ccccc3n24)-c2ccccc2-1)C(C)C.[Pt]. The topological polar surface area (TPSA) is 53.4 Å². The van der Waals surface area contributed by atoms with E-state index >= 15 is 0 Å². The molecule has 1 aliphatic carbocycles. The van der Waals surface area contributed by atoms with Crippen LogP contribution in [0.3, 0.4) is 0 Å². The molecule has 6 nitrogen and oxygen atoms in total. The van der Waals surface area contributed by atoms with Crippen molar-refractivity contribution in [2.45, 2.75) is 97.8 Å². The molecule has 7 heterocycles. The molecule has 16 rings (SSSR count). The first-order valence-electron chi connectivity index (χ1n) is 27.7. The van der Waals surface area contributed by atoms with Crippen LogP contribution in [0.1, 0.15) is 100 Å². The smallest absolute Gasteiger partial charge is 0.135 e. The van der Waals surface area contributed by atoms with Gasteiger partial charge in [-0.25, -0.2) is 4.98 Å². The second-order valence-electron chi connectivity index (χ2n) is 23.5. The molecule has 0 spiro atoms. The van der Waals surface area contributed by atoms with E-state index in [0.717, 1.165) is 84.3 Å². The average molecular weight is 1190 g/mol. The number of imidazole rings is 1. The molecule has 0 radical (unpaired) electrons. The third kappa shape index (κ3) is 8.79. The number of hydrogen-bond acceptors (Lipinski definition) is 3. The zero-order valence-electron chi connectivity index (χ0n) is 47.2. The summed E-state index contributed by atoms with van der Waals surface area (Å²) in [5, 5.41) is 5.49. The van der Waals surface area contributed by atoms with Gasteiger partial charge in [-0.3, -0.25) is 0 Å². The van der Waals surface area contributed by atoms with Crippen LogP contribution in [0, 0.1) is 18.1 Å². The number of benzene rings is 8. The van der Waals surface area contributed by atoms with Gasteiger partial charge in [0.25, 0.3) is 0 Å². The number of pyridine rings is 1. The van der Waals surface area contributed by atoms with Crippen LogP contribution in [0.25, 0.3) is 105 Å². The van der Waals surface area contributed by atoms with Crippen molar-refractivity contribution in [1.29, 1.82) is 0 Å². The maximum atomic E-state index is 9.70. The molecule has 1 aliphatic heterocycles. The zero-order chi connectivity index (χ0) is 54.0. The predicted molar refractivity (Wildman–Crippen MR) is 316 cm³/mol. The first-order valence-corrected chi connectivity index (χ1v) is 26.7. The van der Waals surface area contributed by atoms with Gasteiger partial charge in [-0.15, -0.1) is 29.1 Å². The molecule has 0 amide bonds. The molecule has 8 aromatic carbocycles. The number of aromatic nitrogens is 4. The van der Waals surface area contributed by atoms with Gasteiger partial charge in [-0.05, 0) is 133 Å². The fourth-order valence-corrected chi connectivity index (χ4v) is 11.8. The number of nitrogens with zero attached hydrogens (tertiary/aromatic N) is 4. The van der Waals surface area contributed by atoms with Crippen LogP contribution in [-0.2, 0) is 43.7 Å². The second-order valence-corrected chi connectivity index (χ2v) is 23.5. The molecule has 14 aromatic rings. The van der Waals surface area contributed by atoms with Gasteiger partial charge in [0, 0.05) is 63.8 Å². The van der Waals surface area contributed by atoms with Crippen molar-refractivity contribution in [1.82, 2.24) is 18.5 Å². The van der Waals surface area contributed by atoms with Gasteiger partial charge in [0.15, 0.2) is 0 Å². The van der Waals surface area contributed by atoms with Crippen molar-refractivity contribution >= 4 is 82.4 Å². The minimum Gasteiger partial charge on any atom is -0.510 e. The van der Waals surface area contributed by atoms with Crippen LogP contribution >= 0.6 is 0 Å². The standard InChI is InChI=1S/C70H63N4O2.Pt/c1-44(2)35-47-37-66-71-42-58(47)57-18-11-15-24-65(57)76-50-28-25-45(26-29-50)53-19-16-20-54(46-27-32-59-60(36-46)70(8,9)34-33-69(59,6)7)67(53)73-43-72(62-22-13-14-23-63(62)73)49-38-48(68(3,4)5)39-52(40-49)75-51-30-31-56-55-17-10-12-21-61(55)74(66)64(56)41-51;/h10-32,36-39,42-44H,33-35H2,1-9H3;/q-3;/i35D2;. The van der Waals surface area contributed by atoms with Crippen LogP contribution in [0.15, 0.2) is 185 Å². The van der Waals surface area contributed by atoms with E-state index in [-0.39, 0.29) is 43.2 Å². The number of hydrogen-bond donors (Lipinski definition) is 0. The number of para-hydroxylation sites is 5. The third-order valence-electron chi connectivity index (χ3n) is 15.9. The van der Waals surface area contributed by atoms with E-state index in [1.807, 2.05) is 74.5 Å². The molecular formula is C70H63N4O2Pt-3. The fraction of sp³-hybridized carbons (Fsp3) is 0.229. The minimum absolute atomic E-state index is 0. The Morgan fingerprint density at radius 2 is 1.35 bits per heavy atom. The van der Waals surface area contributed by atoms with Gasteiger partial charge in [-0.2, -0.15) is 23.8 Å². The van der Waals surface area contributed by atoms with Crippen LogP contribution < -0.4 is 0 Å². The molecule has 10 bridgehead atoms. The van der Waals surface area contributed by atoms with Crippen LogP contribution in [0.4, 0.5) is 0 Å². The molecule has 0 atom stereocenters. The molecule has 0 fully saturated rings. The molecule has 0 N–H and O–H groups in total. The maximum absolute atomic E-state index is 9.70. The van der Waals surface area contributed by atoms with E-state index in [1.165, 1.54) is 16.7 Å². The third-order valence-corrected chi connectivity index (χ3v) is 15.9. The van der Waals surface area contributed by atoms with Gasteiger partial charge in [0.05, 0.1) is 0 Å². The van der Waals surface area contributed by atoms with E-state index in [9.17, 15) is 2.74 Å². The Bertz CT molecular complexity index is 4560. The summed E-state index contributed by atoms with van der Waals surface area (Å²) < 4.78 is 39.9. The molecule has 7 heteroatoms. The monoisotopic (exact) mass is 1190 g/mol. The van der Waals surface area contributed by atoms with Crippen molar-refractivity contribution in [2.75, 3.05) is 0 Å². The molecule has 388 valence electrons. The summed E-state index contributed by atoms with van der Waals surface area (Å²) >= 11 is 0. The molecule has 6 aromatic heterocycles. The van der Waals surface area contributed by atoms with E-state index in [2.05, 4.69) is 184 Å². The molecule has 2 aliphatic rings. The molecule has 0 unspecified atom stereocenters. The average Bonchev–Trinajstić information content (AvgIpc) is 4.21. The largest absolute Gasteiger partial charge is 0.510 e. The Morgan fingerprint density at radius 3 is 2.12 bits per heavy atom. The summed E-state index contributed by atoms with van der Waals surface area (Å²) in [6, 6.07) is 64.7. The summed E-state index contributed by atoms with van der Waals surface area (Å²) in [5.41, 5.74) is 15.1. The summed E-state index contributed by atoms with van der Waals surface area (Å²) in [5.74, 6) is -0.364. The second kappa shape index (κ2) is 18.9. The summed E-state index contributed by atoms with van der Waals surface area (Å²) in [6.45, 7) is 20.1. The Balaban J connectivity index is 0.00000623. The van der Waals surface area contributed by atoms with E-state index in [1.54, 1.807) is 6.20 Å². The Hall–Kier alpha value is -7.53. The van der Waals surface area contributed by atoms with Crippen molar-refractivity contribution in [3.05, 3.63) is 211 Å². The predicted octanol–water partition coefficient (Wildman–Crippen LogP) is 18.8. The van der Waals surface area contributed by atoms with Crippen LogP contribution in [0.2, 0.25) is 0 Å². The first kappa shape index (κ1) is 47.9. The molecular weight excluding hydrogens is 1120 g/mol. The van der Waals surface area contributed by atoms with Crippen molar-refractivity contribution < 1.29 is 32.6 Å². The maximum Gasteiger partial charge on any atom is 0.135 e. The van der Waals surface area contributed by atoms with Crippen molar-refractivity contribution in [3.8, 4) is 22.5 Å². The van der Waals surface area contributed by atoms with Gasteiger partial charge in [0.1, 0.15) is 16.8 Å². The molecule has 0 saturated heterocycles. The van der Waals surface area contributed by atoms with Crippen LogP contribution in [-0.4, -0.2) is 18.5 Å². The Morgan fingerprint density at radius 1 is 0.649 bits per heavy atom. The summed E-state index contributed by atoms with van der Waals surface area (Å²) in [4.78, 5) is 5.18. The van der Waals surface area contributed by atoms with Gasteiger partial charge in [0.2, 0.25) is 0 Å². The van der Waals surface area contributed by atoms with Gasteiger partial charge >= 0.3 is 0 Å². The van der Waals surface area contributed by atoms with Gasteiger partial charge in [-0.1, -0.05) is 177 Å².